The Balaban J connectivity index is 1.83. The molecule has 0 bridgehead atoms. The molecule has 5 heteroatoms. The zero-order valence-electron chi connectivity index (χ0n) is 11.7. The van der Waals surface area contributed by atoms with Crippen LogP contribution in [0.15, 0.2) is 24.3 Å². The van der Waals surface area contributed by atoms with Gasteiger partial charge in [-0.05, 0) is 18.1 Å². The fourth-order valence-electron chi connectivity index (χ4n) is 2.44. The van der Waals surface area contributed by atoms with E-state index >= 15 is 0 Å². The lowest BCUT2D eigenvalue weighted by atomic mass is 10.1. The largest absolute Gasteiger partial charge is 0.326 e. The number of likely N-dealkylation sites (tertiary alicyclic amines) is 1. The molecule has 2 unspecified atom stereocenters. The second-order valence-corrected chi connectivity index (χ2v) is 5.36. The topological polar surface area (TPSA) is 82.2 Å². The summed E-state index contributed by atoms with van der Waals surface area (Å²) in [6.07, 6.45) is 0.416. The van der Waals surface area contributed by atoms with Crippen LogP contribution in [0.4, 0.5) is 5.69 Å². The van der Waals surface area contributed by atoms with Crippen molar-refractivity contribution in [3.63, 3.8) is 0 Å². The van der Waals surface area contributed by atoms with E-state index in [-0.39, 0.29) is 11.9 Å². The molecule has 1 saturated heterocycles. The Hall–Kier alpha value is -1.90. The zero-order chi connectivity index (χ0) is 14.5. The predicted octanol–water partition coefficient (Wildman–Crippen LogP) is 1.17. The minimum Gasteiger partial charge on any atom is -0.326 e. The smallest absolute Gasteiger partial charge is 0.225 e. The third-order valence-corrected chi connectivity index (χ3v) is 3.72. The first-order valence-electron chi connectivity index (χ1n) is 6.87. The minimum atomic E-state index is -0.0687. The van der Waals surface area contributed by atoms with E-state index in [4.69, 9.17) is 11.0 Å². The molecular weight excluding hydrogens is 252 g/mol. The number of hydrogen-bond acceptors (Lipinski definition) is 4. The summed E-state index contributed by atoms with van der Waals surface area (Å²) in [6.45, 7) is 4.64. The SMILES string of the molecule is CC1CN(CCC(=O)Nc2ccccc2C#N)CC1N. The first-order valence-corrected chi connectivity index (χ1v) is 6.87. The Morgan fingerprint density at radius 2 is 2.25 bits per heavy atom. The van der Waals surface area contributed by atoms with Crippen LogP contribution in [0, 0.1) is 17.2 Å². The van der Waals surface area contributed by atoms with Gasteiger partial charge in [0.05, 0.1) is 11.3 Å². The van der Waals surface area contributed by atoms with Crippen LogP contribution in [0.3, 0.4) is 0 Å². The summed E-state index contributed by atoms with van der Waals surface area (Å²) < 4.78 is 0. The van der Waals surface area contributed by atoms with E-state index in [0.29, 0.717) is 30.1 Å². The van der Waals surface area contributed by atoms with Crippen molar-refractivity contribution in [3.05, 3.63) is 29.8 Å². The summed E-state index contributed by atoms with van der Waals surface area (Å²) in [6, 6.07) is 9.29. The van der Waals surface area contributed by atoms with Crippen molar-refractivity contribution < 1.29 is 4.79 Å². The van der Waals surface area contributed by atoms with Gasteiger partial charge in [0.25, 0.3) is 0 Å². The number of rotatable bonds is 4. The molecule has 0 aliphatic carbocycles. The van der Waals surface area contributed by atoms with Crippen LogP contribution < -0.4 is 11.1 Å². The summed E-state index contributed by atoms with van der Waals surface area (Å²) in [7, 11) is 0. The first kappa shape index (κ1) is 14.5. The number of hydrogen-bond donors (Lipinski definition) is 2. The van der Waals surface area contributed by atoms with Gasteiger partial charge in [0, 0.05) is 32.1 Å². The third-order valence-electron chi connectivity index (χ3n) is 3.72. The van der Waals surface area contributed by atoms with E-state index in [0.717, 1.165) is 13.1 Å². The number of nitrogens with one attached hydrogen (secondary N) is 1. The van der Waals surface area contributed by atoms with Gasteiger partial charge in [-0.1, -0.05) is 19.1 Å². The highest BCUT2D eigenvalue weighted by Crippen LogP contribution is 2.16. The maximum atomic E-state index is 11.9. The molecule has 1 aromatic carbocycles. The Morgan fingerprint density at radius 1 is 1.50 bits per heavy atom. The first-order chi connectivity index (χ1) is 9.60. The maximum Gasteiger partial charge on any atom is 0.225 e. The number of nitriles is 1. The highest BCUT2D eigenvalue weighted by molar-refractivity contribution is 5.92. The average molecular weight is 272 g/mol. The third kappa shape index (κ3) is 3.56. The molecule has 1 heterocycles. The molecule has 2 rings (SSSR count). The number of anilines is 1. The van der Waals surface area contributed by atoms with Gasteiger partial charge in [-0.2, -0.15) is 5.26 Å². The van der Waals surface area contributed by atoms with Crippen molar-refractivity contribution in [2.75, 3.05) is 25.0 Å². The van der Waals surface area contributed by atoms with Crippen molar-refractivity contribution in [1.29, 1.82) is 5.26 Å². The molecule has 0 saturated carbocycles. The van der Waals surface area contributed by atoms with Crippen molar-refractivity contribution in [1.82, 2.24) is 4.90 Å². The summed E-state index contributed by atoms with van der Waals surface area (Å²) >= 11 is 0. The quantitative estimate of drug-likeness (QED) is 0.862. The molecule has 1 fully saturated rings. The fraction of sp³-hybridized carbons (Fsp3) is 0.467. The molecule has 1 aliphatic rings. The van der Waals surface area contributed by atoms with Gasteiger partial charge < -0.3 is 16.0 Å². The van der Waals surface area contributed by atoms with Crippen molar-refractivity contribution in [2.24, 2.45) is 11.7 Å². The Labute approximate surface area is 119 Å². The van der Waals surface area contributed by atoms with Crippen molar-refractivity contribution in [3.8, 4) is 6.07 Å². The zero-order valence-corrected chi connectivity index (χ0v) is 11.7. The minimum absolute atomic E-state index is 0.0687. The second-order valence-electron chi connectivity index (χ2n) is 5.36. The van der Waals surface area contributed by atoms with Gasteiger partial charge >= 0.3 is 0 Å². The highest BCUT2D eigenvalue weighted by atomic mass is 16.1. The van der Waals surface area contributed by atoms with Crippen molar-refractivity contribution in [2.45, 2.75) is 19.4 Å². The molecule has 3 N–H and O–H groups in total. The molecule has 2 atom stereocenters. The van der Waals surface area contributed by atoms with E-state index in [9.17, 15) is 4.79 Å². The van der Waals surface area contributed by atoms with Gasteiger partial charge in [-0.25, -0.2) is 0 Å². The normalized spacial score (nSPS) is 22.4. The predicted molar refractivity (Wildman–Crippen MR) is 78.0 cm³/mol. The van der Waals surface area contributed by atoms with Gasteiger partial charge in [-0.15, -0.1) is 0 Å². The number of amides is 1. The maximum absolute atomic E-state index is 11.9. The van der Waals surface area contributed by atoms with Gasteiger partial charge in [0.1, 0.15) is 6.07 Å². The van der Waals surface area contributed by atoms with Crippen LogP contribution in [-0.4, -0.2) is 36.5 Å². The highest BCUT2D eigenvalue weighted by Gasteiger charge is 2.26. The lowest BCUT2D eigenvalue weighted by molar-refractivity contribution is -0.116. The number of benzene rings is 1. The Kier molecular flexibility index (Phi) is 4.72. The number of carbonyl (C=O) groups is 1. The van der Waals surface area contributed by atoms with Crippen LogP contribution in [0.2, 0.25) is 0 Å². The van der Waals surface area contributed by atoms with E-state index in [1.54, 1.807) is 24.3 Å². The monoisotopic (exact) mass is 272 g/mol. The Morgan fingerprint density at radius 3 is 2.90 bits per heavy atom. The number of nitrogens with two attached hydrogens (primary N) is 1. The molecule has 5 nitrogen and oxygen atoms in total. The average Bonchev–Trinajstić information content (AvgIpc) is 2.76. The lowest BCUT2D eigenvalue weighted by Gasteiger charge is -2.15. The van der Waals surface area contributed by atoms with E-state index < -0.39 is 0 Å². The summed E-state index contributed by atoms with van der Waals surface area (Å²) in [5.74, 6) is 0.415. The summed E-state index contributed by atoms with van der Waals surface area (Å²) in [4.78, 5) is 14.1. The molecule has 20 heavy (non-hydrogen) atoms. The molecule has 1 amide bonds. The standard InChI is InChI=1S/C15H20N4O/c1-11-9-19(10-13(11)17)7-6-15(20)18-14-5-3-2-4-12(14)8-16/h2-5,11,13H,6-7,9-10,17H2,1H3,(H,18,20). The number of carbonyl (C=O) groups excluding carboxylic acids is 1. The molecule has 1 aromatic rings. The fourth-order valence-corrected chi connectivity index (χ4v) is 2.44. The summed E-state index contributed by atoms with van der Waals surface area (Å²) in [5, 5.41) is 11.8. The van der Waals surface area contributed by atoms with E-state index in [2.05, 4.69) is 23.2 Å². The Bertz CT molecular complexity index is 513. The number of para-hydroxylation sites is 1. The van der Waals surface area contributed by atoms with Crippen LogP contribution in [0.5, 0.6) is 0 Å². The molecule has 0 spiro atoms. The van der Waals surface area contributed by atoms with Crippen LogP contribution in [-0.2, 0) is 4.79 Å². The molecule has 0 aromatic heterocycles. The van der Waals surface area contributed by atoms with Crippen LogP contribution >= 0.6 is 0 Å². The number of nitrogens with zero attached hydrogens (tertiary/aromatic N) is 2. The molecule has 1 aliphatic heterocycles. The van der Waals surface area contributed by atoms with Gasteiger partial charge in [0.2, 0.25) is 5.91 Å². The van der Waals surface area contributed by atoms with Crippen molar-refractivity contribution >= 4 is 11.6 Å². The molecule has 106 valence electrons. The van der Waals surface area contributed by atoms with E-state index in [1.807, 2.05) is 0 Å². The molecule has 0 radical (unpaired) electrons. The van der Waals surface area contributed by atoms with Crippen LogP contribution in [0.25, 0.3) is 0 Å². The van der Waals surface area contributed by atoms with Gasteiger partial charge in [0.15, 0.2) is 0 Å². The van der Waals surface area contributed by atoms with Gasteiger partial charge in [-0.3, -0.25) is 4.79 Å². The molecular formula is C15H20N4O. The second kappa shape index (κ2) is 6.51. The lowest BCUT2D eigenvalue weighted by Crippen LogP contribution is -2.30. The summed E-state index contributed by atoms with van der Waals surface area (Å²) in [5.41, 5.74) is 7.02. The van der Waals surface area contributed by atoms with E-state index in [1.165, 1.54) is 0 Å². The van der Waals surface area contributed by atoms with Crippen LogP contribution in [0.1, 0.15) is 18.9 Å².